The fraction of sp³-hybridized carbons (Fsp3) is 0.933. The van der Waals surface area contributed by atoms with Crippen molar-refractivity contribution in [3.63, 3.8) is 0 Å². The smallest absolute Gasteiger partial charge is 0.306 e. The van der Waals surface area contributed by atoms with E-state index in [1.54, 1.807) is 7.11 Å². The molecule has 1 N–H and O–H groups in total. The third-order valence-corrected chi connectivity index (χ3v) is 3.78. The number of methoxy groups -OCH3 is 1. The molecule has 19 heavy (non-hydrogen) atoms. The van der Waals surface area contributed by atoms with Gasteiger partial charge in [0.1, 0.15) is 5.60 Å². The molecule has 4 nitrogen and oxygen atoms in total. The number of hydrogen-bond donors (Lipinski definition) is 1. The van der Waals surface area contributed by atoms with Crippen LogP contribution in [-0.4, -0.2) is 36.5 Å². The number of aliphatic hydroxyl groups is 1. The Morgan fingerprint density at radius 1 is 1.26 bits per heavy atom. The average molecular weight is 272 g/mol. The Labute approximate surface area is 116 Å². The van der Waals surface area contributed by atoms with Crippen LogP contribution in [0.4, 0.5) is 0 Å². The van der Waals surface area contributed by atoms with Crippen LogP contribution in [0.15, 0.2) is 0 Å². The third-order valence-electron chi connectivity index (χ3n) is 3.78. The van der Waals surface area contributed by atoms with Crippen LogP contribution < -0.4 is 0 Å². The van der Waals surface area contributed by atoms with E-state index in [-0.39, 0.29) is 18.7 Å². The lowest BCUT2D eigenvalue weighted by Gasteiger charge is -2.32. The second kappa shape index (κ2) is 7.25. The van der Waals surface area contributed by atoms with Crippen LogP contribution >= 0.6 is 0 Å². The number of hydrogen-bond acceptors (Lipinski definition) is 4. The molecule has 1 aliphatic rings. The number of carbonyl (C=O) groups excluding carboxylic acids is 1. The fourth-order valence-electron chi connectivity index (χ4n) is 2.80. The van der Waals surface area contributed by atoms with Crippen LogP contribution in [0.1, 0.15) is 52.9 Å². The van der Waals surface area contributed by atoms with Crippen molar-refractivity contribution in [3.05, 3.63) is 0 Å². The minimum Gasteiger partial charge on any atom is -0.460 e. The lowest BCUT2D eigenvalue weighted by molar-refractivity contribution is -0.156. The first kappa shape index (κ1) is 16.4. The topological polar surface area (TPSA) is 55.8 Å². The summed E-state index contributed by atoms with van der Waals surface area (Å²) in [4.78, 5) is 11.8. The monoisotopic (exact) mass is 272 g/mol. The zero-order valence-corrected chi connectivity index (χ0v) is 12.6. The maximum absolute atomic E-state index is 11.8. The van der Waals surface area contributed by atoms with Crippen LogP contribution in [0.2, 0.25) is 0 Å². The van der Waals surface area contributed by atoms with Gasteiger partial charge in [-0.3, -0.25) is 4.79 Å². The standard InChI is InChI=1S/C15H28O4/c1-15(2,3)19-14(17)9-11-5-7-12(8-6-11)13(10-16)18-4/h11-13,16H,5-10H2,1-4H3. The summed E-state index contributed by atoms with van der Waals surface area (Å²) in [6.45, 7) is 5.77. The third kappa shape index (κ3) is 5.91. The van der Waals surface area contributed by atoms with Crippen molar-refractivity contribution >= 4 is 5.97 Å². The highest BCUT2D eigenvalue weighted by atomic mass is 16.6. The summed E-state index contributed by atoms with van der Waals surface area (Å²) in [5, 5.41) is 9.22. The van der Waals surface area contributed by atoms with Gasteiger partial charge in [0, 0.05) is 13.5 Å². The molecule has 1 rings (SSSR count). The second-order valence-corrected chi connectivity index (χ2v) is 6.53. The molecule has 0 aliphatic heterocycles. The highest BCUT2D eigenvalue weighted by Gasteiger charge is 2.29. The normalized spacial score (nSPS) is 25.9. The van der Waals surface area contributed by atoms with Crippen molar-refractivity contribution in [2.24, 2.45) is 11.8 Å². The summed E-state index contributed by atoms with van der Waals surface area (Å²) in [7, 11) is 1.65. The van der Waals surface area contributed by atoms with Gasteiger partial charge in [-0.25, -0.2) is 0 Å². The Morgan fingerprint density at radius 3 is 2.26 bits per heavy atom. The first-order valence-corrected chi connectivity index (χ1v) is 7.21. The highest BCUT2D eigenvalue weighted by Crippen LogP contribution is 2.33. The van der Waals surface area contributed by atoms with Crippen LogP contribution in [0.5, 0.6) is 0 Å². The van der Waals surface area contributed by atoms with Crippen molar-refractivity contribution in [3.8, 4) is 0 Å². The number of ether oxygens (including phenoxy) is 2. The summed E-state index contributed by atoms with van der Waals surface area (Å²) in [5.41, 5.74) is -0.397. The molecule has 0 aromatic heterocycles. The van der Waals surface area contributed by atoms with Gasteiger partial charge in [0.2, 0.25) is 0 Å². The first-order valence-electron chi connectivity index (χ1n) is 7.21. The quantitative estimate of drug-likeness (QED) is 0.781. The van der Waals surface area contributed by atoms with Gasteiger partial charge in [-0.2, -0.15) is 0 Å². The van der Waals surface area contributed by atoms with E-state index >= 15 is 0 Å². The summed E-state index contributed by atoms with van der Waals surface area (Å²) < 4.78 is 10.6. The molecule has 1 aliphatic carbocycles. The number of esters is 1. The highest BCUT2D eigenvalue weighted by molar-refractivity contribution is 5.70. The van der Waals surface area contributed by atoms with Gasteiger partial charge in [0.05, 0.1) is 12.7 Å². The fourth-order valence-corrected chi connectivity index (χ4v) is 2.80. The predicted octanol–water partition coefficient (Wildman–Crippen LogP) is 2.53. The lowest BCUT2D eigenvalue weighted by Crippen LogP contribution is -2.31. The van der Waals surface area contributed by atoms with Crippen LogP contribution in [0.3, 0.4) is 0 Å². The molecule has 4 heteroatoms. The van der Waals surface area contributed by atoms with Gasteiger partial charge in [0.15, 0.2) is 0 Å². The first-order chi connectivity index (χ1) is 8.85. The molecule has 0 aromatic carbocycles. The number of rotatable bonds is 5. The van der Waals surface area contributed by atoms with Gasteiger partial charge in [-0.15, -0.1) is 0 Å². The lowest BCUT2D eigenvalue weighted by atomic mass is 9.78. The molecule has 0 aromatic rings. The van der Waals surface area contributed by atoms with Crippen molar-refractivity contribution in [2.45, 2.75) is 64.6 Å². The Balaban J connectivity index is 2.32. The summed E-state index contributed by atoms with van der Waals surface area (Å²) >= 11 is 0. The maximum atomic E-state index is 11.8. The Bertz CT molecular complexity index is 270. The predicted molar refractivity (Wildman–Crippen MR) is 73.8 cm³/mol. The van der Waals surface area contributed by atoms with Crippen LogP contribution in [-0.2, 0) is 14.3 Å². The molecule has 0 radical (unpaired) electrons. The van der Waals surface area contributed by atoms with Gasteiger partial charge >= 0.3 is 5.97 Å². The van der Waals surface area contributed by atoms with Crippen LogP contribution in [0, 0.1) is 11.8 Å². The van der Waals surface area contributed by atoms with E-state index in [1.807, 2.05) is 20.8 Å². The van der Waals surface area contributed by atoms with Crippen molar-refractivity contribution in [1.29, 1.82) is 0 Å². The molecule has 1 saturated carbocycles. The second-order valence-electron chi connectivity index (χ2n) is 6.53. The Hall–Kier alpha value is -0.610. The van der Waals surface area contributed by atoms with E-state index in [2.05, 4.69) is 0 Å². The molecule has 112 valence electrons. The van der Waals surface area contributed by atoms with Gasteiger partial charge < -0.3 is 14.6 Å². The molecule has 1 unspecified atom stereocenters. The minimum absolute atomic E-state index is 0.0533. The Morgan fingerprint density at radius 2 is 1.84 bits per heavy atom. The van der Waals surface area contributed by atoms with E-state index in [9.17, 15) is 9.90 Å². The molecule has 0 spiro atoms. The van der Waals surface area contributed by atoms with E-state index in [4.69, 9.17) is 9.47 Å². The molecule has 0 bridgehead atoms. The molecular weight excluding hydrogens is 244 g/mol. The molecule has 1 fully saturated rings. The molecule has 1 atom stereocenters. The number of aliphatic hydroxyl groups excluding tert-OH is 1. The summed E-state index contributed by atoms with van der Waals surface area (Å²) in [6, 6.07) is 0. The molecule has 0 amide bonds. The maximum Gasteiger partial charge on any atom is 0.306 e. The number of carbonyl (C=O) groups is 1. The zero-order valence-electron chi connectivity index (χ0n) is 12.6. The van der Waals surface area contributed by atoms with Gasteiger partial charge in [0.25, 0.3) is 0 Å². The summed E-state index contributed by atoms with van der Waals surface area (Å²) in [6.07, 6.45) is 4.54. The minimum atomic E-state index is -0.397. The van der Waals surface area contributed by atoms with Crippen molar-refractivity contribution in [1.82, 2.24) is 0 Å². The van der Waals surface area contributed by atoms with E-state index in [1.165, 1.54) is 0 Å². The average Bonchev–Trinajstić information content (AvgIpc) is 2.30. The van der Waals surface area contributed by atoms with Crippen LogP contribution in [0.25, 0.3) is 0 Å². The van der Waals surface area contributed by atoms with Gasteiger partial charge in [-0.05, 0) is 58.3 Å². The SMILES string of the molecule is COC(CO)C1CCC(CC(=O)OC(C)(C)C)CC1. The molecule has 0 heterocycles. The van der Waals surface area contributed by atoms with Crippen molar-refractivity contribution < 1.29 is 19.4 Å². The van der Waals surface area contributed by atoms with Gasteiger partial charge in [-0.1, -0.05) is 0 Å². The molecule has 0 saturated heterocycles. The molecular formula is C15H28O4. The van der Waals surface area contributed by atoms with E-state index in [0.717, 1.165) is 25.7 Å². The van der Waals surface area contributed by atoms with Crippen molar-refractivity contribution in [2.75, 3.05) is 13.7 Å². The summed E-state index contributed by atoms with van der Waals surface area (Å²) in [5.74, 6) is 0.744. The van der Waals surface area contributed by atoms with E-state index in [0.29, 0.717) is 18.3 Å². The zero-order chi connectivity index (χ0) is 14.5. The van der Waals surface area contributed by atoms with E-state index < -0.39 is 5.60 Å². The largest absolute Gasteiger partial charge is 0.460 e. The Kier molecular flexibility index (Phi) is 6.27.